The molecule has 0 saturated carbocycles. The lowest BCUT2D eigenvalue weighted by Crippen LogP contribution is -2.20. The van der Waals surface area contributed by atoms with E-state index in [9.17, 15) is 4.79 Å². The molecule has 2 aromatic carbocycles. The SMILES string of the molecule is Cc1cc(Br)cc(C)c1NC(=O)Nc1ccc(N)cc1. The number of benzene rings is 2. The van der Waals surface area contributed by atoms with E-state index in [0.717, 1.165) is 21.3 Å². The summed E-state index contributed by atoms with van der Waals surface area (Å²) in [6.45, 7) is 3.91. The lowest BCUT2D eigenvalue weighted by Gasteiger charge is -2.13. The van der Waals surface area contributed by atoms with E-state index >= 15 is 0 Å². The zero-order valence-electron chi connectivity index (χ0n) is 11.3. The maximum atomic E-state index is 12.0. The van der Waals surface area contributed by atoms with Crippen molar-refractivity contribution in [2.24, 2.45) is 0 Å². The summed E-state index contributed by atoms with van der Waals surface area (Å²) in [5.74, 6) is 0. The first kappa shape index (κ1) is 14.4. The highest BCUT2D eigenvalue weighted by molar-refractivity contribution is 9.10. The molecule has 0 aliphatic rings. The molecule has 104 valence electrons. The Morgan fingerprint density at radius 3 is 2.15 bits per heavy atom. The lowest BCUT2D eigenvalue weighted by molar-refractivity contribution is 0.262. The van der Waals surface area contributed by atoms with Gasteiger partial charge in [0.25, 0.3) is 0 Å². The molecule has 2 rings (SSSR count). The van der Waals surface area contributed by atoms with Crippen LogP contribution in [-0.4, -0.2) is 6.03 Å². The average molecular weight is 334 g/mol. The summed E-state index contributed by atoms with van der Waals surface area (Å²) in [4.78, 5) is 12.0. The molecule has 0 aliphatic carbocycles. The van der Waals surface area contributed by atoms with E-state index in [1.165, 1.54) is 0 Å². The topological polar surface area (TPSA) is 67.2 Å². The predicted molar refractivity (Wildman–Crippen MR) is 87.1 cm³/mol. The van der Waals surface area contributed by atoms with Crippen LogP contribution in [0, 0.1) is 13.8 Å². The fourth-order valence-corrected chi connectivity index (χ4v) is 2.64. The number of amides is 2. The number of hydrogen-bond acceptors (Lipinski definition) is 2. The van der Waals surface area contributed by atoms with Crippen LogP contribution >= 0.6 is 15.9 Å². The summed E-state index contributed by atoms with van der Waals surface area (Å²) in [7, 11) is 0. The van der Waals surface area contributed by atoms with Crippen LogP contribution in [0.1, 0.15) is 11.1 Å². The second-order valence-corrected chi connectivity index (χ2v) is 5.53. The van der Waals surface area contributed by atoms with Gasteiger partial charge >= 0.3 is 6.03 Å². The third kappa shape index (κ3) is 3.51. The molecular formula is C15H16BrN3O. The number of carbonyl (C=O) groups excluding carboxylic acids is 1. The van der Waals surface area contributed by atoms with Crippen molar-refractivity contribution in [2.75, 3.05) is 16.4 Å². The molecule has 0 heterocycles. The first-order valence-corrected chi connectivity index (χ1v) is 6.95. The number of rotatable bonds is 2. The molecule has 0 aliphatic heterocycles. The number of anilines is 3. The Bertz CT molecular complexity index is 615. The Hall–Kier alpha value is -2.01. The van der Waals surface area contributed by atoms with Crippen molar-refractivity contribution >= 4 is 39.0 Å². The summed E-state index contributed by atoms with van der Waals surface area (Å²) in [5.41, 5.74) is 9.79. The first-order valence-electron chi connectivity index (χ1n) is 6.16. The van der Waals surface area contributed by atoms with Gasteiger partial charge in [0.1, 0.15) is 0 Å². The quantitative estimate of drug-likeness (QED) is 0.717. The van der Waals surface area contributed by atoms with E-state index < -0.39 is 0 Å². The zero-order chi connectivity index (χ0) is 14.7. The normalized spacial score (nSPS) is 10.2. The van der Waals surface area contributed by atoms with Crippen LogP contribution in [0.5, 0.6) is 0 Å². The number of halogens is 1. The second kappa shape index (κ2) is 5.96. The monoisotopic (exact) mass is 333 g/mol. The van der Waals surface area contributed by atoms with Crippen molar-refractivity contribution in [3.63, 3.8) is 0 Å². The Labute approximate surface area is 126 Å². The number of aryl methyl sites for hydroxylation is 2. The number of hydrogen-bond donors (Lipinski definition) is 3. The molecule has 0 atom stereocenters. The predicted octanol–water partition coefficient (Wildman–Crippen LogP) is 4.29. The van der Waals surface area contributed by atoms with Gasteiger partial charge in [0, 0.05) is 21.5 Å². The van der Waals surface area contributed by atoms with Crippen LogP contribution in [0.3, 0.4) is 0 Å². The van der Waals surface area contributed by atoms with E-state index in [1.54, 1.807) is 24.3 Å². The largest absolute Gasteiger partial charge is 0.399 e. The second-order valence-electron chi connectivity index (χ2n) is 4.62. The maximum absolute atomic E-state index is 12.0. The van der Waals surface area contributed by atoms with E-state index in [4.69, 9.17) is 5.73 Å². The molecule has 2 aromatic rings. The summed E-state index contributed by atoms with van der Waals surface area (Å²) < 4.78 is 0.997. The average Bonchev–Trinajstić information content (AvgIpc) is 2.36. The first-order chi connectivity index (χ1) is 9.45. The van der Waals surface area contributed by atoms with Crippen molar-refractivity contribution < 1.29 is 4.79 Å². The molecule has 4 N–H and O–H groups in total. The molecule has 0 saturated heterocycles. The fourth-order valence-electron chi connectivity index (χ4n) is 1.95. The van der Waals surface area contributed by atoms with Gasteiger partial charge in [-0.2, -0.15) is 0 Å². The van der Waals surface area contributed by atoms with Crippen molar-refractivity contribution in [3.8, 4) is 0 Å². The number of nitrogens with two attached hydrogens (primary N) is 1. The number of carbonyl (C=O) groups is 1. The third-order valence-corrected chi connectivity index (χ3v) is 3.36. The Morgan fingerprint density at radius 1 is 1.05 bits per heavy atom. The van der Waals surface area contributed by atoms with Gasteiger partial charge in [-0.05, 0) is 61.4 Å². The van der Waals surface area contributed by atoms with Crippen molar-refractivity contribution in [1.29, 1.82) is 0 Å². The molecule has 4 nitrogen and oxygen atoms in total. The molecule has 0 aromatic heterocycles. The van der Waals surface area contributed by atoms with Crippen molar-refractivity contribution in [1.82, 2.24) is 0 Å². The molecule has 2 amide bonds. The molecule has 0 radical (unpaired) electrons. The Morgan fingerprint density at radius 2 is 1.60 bits per heavy atom. The minimum atomic E-state index is -0.275. The van der Waals surface area contributed by atoms with E-state index in [-0.39, 0.29) is 6.03 Å². The van der Waals surface area contributed by atoms with Gasteiger partial charge in [-0.3, -0.25) is 0 Å². The smallest absolute Gasteiger partial charge is 0.323 e. The summed E-state index contributed by atoms with van der Waals surface area (Å²) in [5, 5.41) is 5.64. The third-order valence-electron chi connectivity index (χ3n) is 2.90. The van der Waals surface area contributed by atoms with Crippen molar-refractivity contribution in [2.45, 2.75) is 13.8 Å². The van der Waals surface area contributed by atoms with Crippen LogP contribution in [0.4, 0.5) is 21.9 Å². The summed E-state index contributed by atoms with van der Waals surface area (Å²) in [6.07, 6.45) is 0. The van der Waals surface area contributed by atoms with E-state index in [2.05, 4.69) is 26.6 Å². The van der Waals surface area contributed by atoms with Gasteiger partial charge in [-0.1, -0.05) is 15.9 Å². The number of nitrogens with one attached hydrogen (secondary N) is 2. The van der Waals surface area contributed by atoms with Gasteiger partial charge in [0.15, 0.2) is 0 Å². The molecule has 5 heteroatoms. The maximum Gasteiger partial charge on any atom is 0.323 e. The summed E-state index contributed by atoms with van der Waals surface area (Å²) in [6, 6.07) is 10.7. The number of nitrogen functional groups attached to an aromatic ring is 1. The standard InChI is InChI=1S/C15H16BrN3O/c1-9-7-11(16)8-10(2)14(9)19-15(20)18-13-5-3-12(17)4-6-13/h3-8H,17H2,1-2H3,(H2,18,19,20). The Balaban J connectivity index is 2.10. The Kier molecular flexibility index (Phi) is 4.29. The van der Waals surface area contributed by atoms with Crippen LogP contribution in [-0.2, 0) is 0 Å². The van der Waals surface area contributed by atoms with Gasteiger partial charge in [-0.15, -0.1) is 0 Å². The highest BCUT2D eigenvalue weighted by Gasteiger charge is 2.08. The molecule has 0 bridgehead atoms. The van der Waals surface area contributed by atoms with E-state index in [1.807, 2.05) is 26.0 Å². The number of urea groups is 1. The van der Waals surface area contributed by atoms with Crippen molar-refractivity contribution in [3.05, 3.63) is 52.0 Å². The van der Waals surface area contributed by atoms with Crippen LogP contribution < -0.4 is 16.4 Å². The molecular weight excluding hydrogens is 318 g/mol. The van der Waals surface area contributed by atoms with Gasteiger partial charge in [0.2, 0.25) is 0 Å². The van der Waals surface area contributed by atoms with Crippen LogP contribution in [0.2, 0.25) is 0 Å². The summed E-state index contributed by atoms with van der Waals surface area (Å²) >= 11 is 3.43. The lowest BCUT2D eigenvalue weighted by atomic mass is 10.1. The van der Waals surface area contributed by atoms with Crippen LogP contribution in [0.15, 0.2) is 40.9 Å². The van der Waals surface area contributed by atoms with Gasteiger partial charge < -0.3 is 16.4 Å². The van der Waals surface area contributed by atoms with Crippen LogP contribution in [0.25, 0.3) is 0 Å². The minimum Gasteiger partial charge on any atom is -0.399 e. The molecule has 20 heavy (non-hydrogen) atoms. The van der Waals surface area contributed by atoms with E-state index in [0.29, 0.717) is 11.4 Å². The molecule has 0 unspecified atom stereocenters. The van der Waals surface area contributed by atoms with Gasteiger partial charge in [-0.25, -0.2) is 4.79 Å². The molecule has 0 fully saturated rings. The fraction of sp³-hybridized carbons (Fsp3) is 0.133. The minimum absolute atomic E-state index is 0.275. The zero-order valence-corrected chi connectivity index (χ0v) is 12.9. The molecule has 0 spiro atoms. The van der Waals surface area contributed by atoms with Gasteiger partial charge in [0.05, 0.1) is 0 Å². The highest BCUT2D eigenvalue weighted by atomic mass is 79.9. The highest BCUT2D eigenvalue weighted by Crippen LogP contribution is 2.25.